The van der Waals surface area contributed by atoms with Crippen LogP contribution < -0.4 is 9.86 Å². The molecule has 0 saturated heterocycles. The summed E-state index contributed by atoms with van der Waals surface area (Å²) in [5.74, 6) is -0.208. The van der Waals surface area contributed by atoms with Gasteiger partial charge in [0.25, 0.3) is 0 Å². The molecule has 0 unspecified atom stereocenters. The first-order valence-electron chi connectivity index (χ1n) is 5.87. The molecule has 120 valence electrons. The van der Waals surface area contributed by atoms with Crippen LogP contribution in [0.1, 0.15) is 19.4 Å². The van der Waals surface area contributed by atoms with Crippen LogP contribution in [-0.2, 0) is 20.0 Å². The van der Waals surface area contributed by atoms with Crippen LogP contribution in [0.5, 0.6) is 0 Å². The van der Waals surface area contributed by atoms with Crippen molar-refractivity contribution in [2.24, 2.45) is 11.1 Å². The van der Waals surface area contributed by atoms with E-state index >= 15 is 0 Å². The molecule has 0 radical (unpaired) electrons. The lowest BCUT2D eigenvalue weighted by Gasteiger charge is -2.15. The van der Waals surface area contributed by atoms with E-state index < -0.39 is 20.0 Å². The van der Waals surface area contributed by atoms with Gasteiger partial charge in [0.1, 0.15) is 0 Å². The summed E-state index contributed by atoms with van der Waals surface area (Å²) in [7, 11) is -7.65. The number of benzene rings is 1. The Morgan fingerprint density at radius 2 is 1.76 bits per heavy atom. The largest absolute Gasteiger partial charge is 0.280 e. The molecule has 1 aromatic rings. The molecule has 0 spiro atoms. The first kappa shape index (κ1) is 18.5. The molecule has 0 bridgehead atoms. The highest BCUT2D eigenvalue weighted by atomic mass is 35.5. The van der Waals surface area contributed by atoms with Crippen LogP contribution in [0.4, 0.5) is 5.69 Å². The summed E-state index contributed by atoms with van der Waals surface area (Å²) in [5.41, 5.74) is 0.0784. The van der Waals surface area contributed by atoms with Crippen molar-refractivity contribution in [3.8, 4) is 0 Å². The molecule has 1 rings (SSSR count). The van der Waals surface area contributed by atoms with Gasteiger partial charge < -0.3 is 0 Å². The quantitative estimate of drug-likeness (QED) is 0.824. The van der Waals surface area contributed by atoms with Gasteiger partial charge in [-0.05, 0) is 24.5 Å². The molecule has 0 amide bonds. The lowest BCUT2D eigenvalue weighted by Crippen LogP contribution is -2.21. The van der Waals surface area contributed by atoms with Gasteiger partial charge in [0.2, 0.25) is 20.0 Å². The first-order valence-corrected chi connectivity index (χ1v) is 9.82. The van der Waals surface area contributed by atoms with Gasteiger partial charge in [0, 0.05) is 0 Å². The molecule has 0 aromatic heterocycles. The zero-order valence-electron chi connectivity index (χ0n) is 11.6. The van der Waals surface area contributed by atoms with Crippen LogP contribution in [0, 0.1) is 12.8 Å². The Kier molecular flexibility index (Phi) is 5.55. The van der Waals surface area contributed by atoms with Crippen LogP contribution >= 0.6 is 23.2 Å². The smallest absolute Gasteiger partial charge is 0.238 e. The summed E-state index contributed by atoms with van der Waals surface area (Å²) in [4.78, 5) is -0.246. The van der Waals surface area contributed by atoms with Gasteiger partial charge in [-0.3, -0.25) is 4.72 Å². The van der Waals surface area contributed by atoms with Gasteiger partial charge in [0.05, 0.1) is 26.4 Å². The maximum atomic E-state index is 11.9. The second-order valence-electron chi connectivity index (χ2n) is 4.99. The van der Waals surface area contributed by atoms with Crippen LogP contribution in [0.15, 0.2) is 11.0 Å². The molecule has 0 heterocycles. The molecular weight excluding hydrogens is 359 g/mol. The van der Waals surface area contributed by atoms with Crippen molar-refractivity contribution < 1.29 is 16.8 Å². The highest BCUT2D eigenvalue weighted by Crippen LogP contribution is 2.37. The lowest BCUT2D eigenvalue weighted by molar-refractivity contribution is 0.587. The normalized spacial score (nSPS) is 12.7. The number of primary sulfonamides is 1. The first-order chi connectivity index (χ1) is 9.35. The van der Waals surface area contributed by atoms with E-state index in [1.54, 1.807) is 13.8 Å². The fourth-order valence-corrected chi connectivity index (χ4v) is 4.80. The third-order valence-corrected chi connectivity index (χ3v) is 5.96. The molecule has 21 heavy (non-hydrogen) atoms. The SMILES string of the molecule is Cc1c(S(N)(=O)=O)cc(Cl)c(NS(=O)(=O)CC(C)C)c1Cl. The summed E-state index contributed by atoms with van der Waals surface area (Å²) in [6.07, 6.45) is 0. The van der Waals surface area contributed by atoms with Crippen LogP contribution in [-0.4, -0.2) is 22.6 Å². The molecule has 0 fully saturated rings. The van der Waals surface area contributed by atoms with Crippen molar-refractivity contribution in [3.05, 3.63) is 21.7 Å². The van der Waals surface area contributed by atoms with Gasteiger partial charge in [-0.25, -0.2) is 22.0 Å². The van der Waals surface area contributed by atoms with Crippen molar-refractivity contribution in [2.45, 2.75) is 25.7 Å². The Labute approximate surface area is 134 Å². The predicted molar refractivity (Wildman–Crippen MR) is 84.8 cm³/mol. The van der Waals surface area contributed by atoms with E-state index in [2.05, 4.69) is 4.72 Å². The van der Waals surface area contributed by atoms with Crippen LogP contribution in [0.25, 0.3) is 0 Å². The number of nitrogens with one attached hydrogen (secondary N) is 1. The Hall–Kier alpha value is -0.540. The van der Waals surface area contributed by atoms with E-state index in [-0.39, 0.29) is 37.9 Å². The highest BCUT2D eigenvalue weighted by molar-refractivity contribution is 7.92. The number of rotatable bonds is 5. The maximum absolute atomic E-state index is 11.9. The van der Waals surface area contributed by atoms with E-state index in [1.807, 2.05) is 0 Å². The molecule has 10 heteroatoms. The zero-order valence-corrected chi connectivity index (χ0v) is 14.8. The molecule has 1 aromatic carbocycles. The van der Waals surface area contributed by atoms with E-state index in [0.29, 0.717) is 0 Å². The number of hydrogen-bond donors (Lipinski definition) is 2. The molecule has 0 saturated carbocycles. The molecule has 3 N–H and O–H groups in total. The average molecular weight is 375 g/mol. The van der Waals surface area contributed by atoms with Gasteiger partial charge in [0.15, 0.2) is 0 Å². The number of sulfonamides is 2. The third kappa shape index (κ3) is 4.72. The monoisotopic (exact) mass is 374 g/mol. The number of halogens is 2. The minimum atomic E-state index is -4.00. The molecule has 0 aliphatic rings. The molecule has 0 atom stereocenters. The second kappa shape index (κ2) is 6.29. The minimum Gasteiger partial charge on any atom is -0.280 e. The molecular formula is C11H16Cl2N2O4S2. The van der Waals surface area contributed by atoms with E-state index in [0.717, 1.165) is 6.07 Å². The summed E-state index contributed by atoms with van der Waals surface area (Å²) in [6.45, 7) is 4.91. The Bertz CT molecular complexity index is 759. The van der Waals surface area contributed by atoms with Crippen molar-refractivity contribution in [2.75, 3.05) is 10.5 Å². The van der Waals surface area contributed by atoms with Crippen LogP contribution in [0.2, 0.25) is 10.0 Å². The lowest BCUT2D eigenvalue weighted by atomic mass is 10.2. The van der Waals surface area contributed by atoms with Gasteiger partial charge in [-0.2, -0.15) is 0 Å². The summed E-state index contributed by atoms with van der Waals surface area (Å²) < 4.78 is 49.0. The molecule has 0 aliphatic heterocycles. The summed E-state index contributed by atoms with van der Waals surface area (Å²) in [5, 5.41) is 4.82. The fourth-order valence-electron chi connectivity index (χ4n) is 1.72. The van der Waals surface area contributed by atoms with Crippen LogP contribution in [0.3, 0.4) is 0 Å². The predicted octanol–water partition coefficient (Wildman–Crippen LogP) is 2.35. The topological polar surface area (TPSA) is 106 Å². The number of anilines is 1. The van der Waals surface area contributed by atoms with E-state index in [4.69, 9.17) is 28.3 Å². The number of hydrogen-bond acceptors (Lipinski definition) is 4. The summed E-state index contributed by atoms with van der Waals surface area (Å²) in [6, 6.07) is 1.07. The molecule has 6 nitrogen and oxygen atoms in total. The van der Waals surface area contributed by atoms with E-state index in [1.165, 1.54) is 6.92 Å². The van der Waals surface area contributed by atoms with Crippen molar-refractivity contribution in [3.63, 3.8) is 0 Å². The van der Waals surface area contributed by atoms with E-state index in [9.17, 15) is 16.8 Å². The van der Waals surface area contributed by atoms with Crippen molar-refractivity contribution in [1.29, 1.82) is 0 Å². The Morgan fingerprint density at radius 1 is 1.24 bits per heavy atom. The molecule has 0 aliphatic carbocycles. The van der Waals surface area contributed by atoms with Crippen molar-refractivity contribution in [1.82, 2.24) is 0 Å². The zero-order chi connectivity index (χ0) is 16.6. The Balaban J connectivity index is 3.39. The fraction of sp³-hybridized carbons (Fsp3) is 0.455. The maximum Gasteiger partial charge on any atom is 0.238 e. The van der Waals surface area contributed by atoms with Gasteiger partial charge in [-0.1, -0.05) is 37.0 Å². The minimum absolute atomic E-state index is 0.0520. The highest BCUT2D eigenvalue weighted by Gasteiger charge is 2.23. The van der Waals surface area contributed by atoms with Gasteiger partial charge >= 0.3 is 0 Å². The number of nitrogens with two attached hydrogens (primary N) is 1. The standard InChI is InChI=1S/C11H16Cl2N2O4S2/c1-6(2)5-20(16,17)15-11-8(12)4-9(21(14,18)19)7(3)10(11)13/h4,6,15H,5H2,1-3H3,(H2,14,18,19). The van der Waals surface area contributed by atoms with Crippen molar-refractivity contribution >= 4 is 48.9 Å². The second-order valence-corrected chi connectivity index (χ2v) is 9.07. The van der Waals surface area contributed by atoms with Gasteiger partial charge in [-0.15, -0.1) is 0 Å². The third-order valence-electron chi connectivity index (χ3n) is 2.53. The average Bonchev–Trinajstić information content (AvgIpc) is 2.26. The summed E-state index contributed by atoms with van der Waals surface area (Å²) >= 11 is 11.9. The Morgan fingerprint density at radius 3 is 2.19 bits per heavy atom.